The summed E-state index contributed by atoms with van der Waals surface area (Å²) in [6.07, 6.45) is 5.01. The van der Waals surface area contributed by atoms with Gasteiger partial charge in [0.2, 0.25) is 0 Å². The Morgan fingerprint density at radius 1 is 1.35 bits per heavy atom. The van der Waals surface area contributed by atoms with Gasteiger partial charge in [-0.25, -0.2) is 0 Å². The number of ether oxygens (including phenoxy) is 2. The lowest BCUT2D eigenvalue weighted by atomic mass is 9.87. The van der Waals surface area contributed by atoms with E-state index >= 15 is 0 Å². The minimum absolute atomic E-state index is 0. The number of benzene rings is 1. The van der Waals surface area contributed by atoms with Crippen molar-refractivity contribution in [2.45, 2.75) is 32.2 Å². The number of halogens is 1. The van der Waals surface area contributed by atoms with E-state index in [0.717, 1.165) is 57.1 Å². The number of hydrogen-bond donors (Lipinski definition) is 1. The van der Waals surface area contributed by atoms with Crippen LogP contribution in [0.5, 0.6) is 5.75 Å². The van der Waals surface area contributed by atoms with Gasteiger partial charge in [-0.2, -0.15) is 0 Å². The molecule has 1 unspecified atom stereocenters. The lowest BCUT2D eigenvalue weighted by Gasteiger charge is -2.25. The Hall–Kier alpha value is -1.02. The van der Waals surface area contributed by atoms with Crippen LogP contribution in [0, 0.1) is 11.3 Å². The zero-order valence-corrected chi connectivity index (χ0v) is 17.9. The molecule has 144 valence electrons. The van der Waals surface area contributed by atoms with E-state index in [1.54, 1.807) is 0 Å². The Morgan fingerprint density at radius 3 is 2.92 bits per heavy atom. The molecule has 3 aliphatic rings. The number of para-hydroxylation sites is 1. The Bertz CT molecular complexity index is 627. The summed E-state index contributed by atoms with van der Waals surface area (Å²) in [6, 6.07) is 8.33. The molecule has 0 radical (unpaired) electrons. The van der Waals surface area contributed by atoms with Crippen LogP contribution in [0.4, 0.5) is 0 Å². The van der Waals surface area contributed by atoms with Gasteiger partial charge in [0.05, 0.1) is 13.2 Å². The molecule has 0 amide bonds. The first kappa shape index (κ1) is 19.7. The van der Waals surface area contributed by atoms with Gasteiger partial charge in [0.25, 0.3) is 0 Å². The summed E-state index contributed by atoms with van der Waals surface area (Å²) in [7, 11) is 1.87. The lowest BCUT2D eigenvalue weighted by molar-refractivity contribution is 0.156. The van der Waals surface area contributed by atoms with E-state index in [1.807, 2.05) is 13.1 Å². The van der Waals surface area contributed by atoms with Crippen LogP contribution in [-0.2, 0) is 11.3 Å². The lowest BCUT2D eigenvalue weighted by Crippen LogP contribution is -2.41. The second kappa shape index (κ2) is 8.78. The quantitative estimate of drug-likeness (QED) is 0.407. The van der Waals surface area contributed by atoms with Crippen molar-refractivity contribution >= 4 is 29.9 Å². The molecule has 6 heteroatoms. The number of aliphatic imine (C=N–C) groups is 1. The molecule has 1 aromatic carbocycles. The van der Waals surface area contributed by atoms with Gasteiger partial charge in [-0.3, -0.25) is 4.99 Å². The molecule has 1 aromatic rings. The largest absolute Gasteiger partial charge is 0.493 e. The molecule has 1 spiro atoms. The van der Waals surface area contributed by atoms with Gasteiger partial charge < -0.3 is 19.7 Å². The third-order valence-corrected chi connectivity index (χ3v) is 5.72. The maximum atomic E-state index is 6.02. The molecule has 3 fully saturated rings. The first-order valence-electron chi connectivity index (χ1n) is 9.52. The number of likely N-dealkylation sites (tertiary alicyclic amines) is 1. The fourth-order valence-electron chi connectivity index (χ4n) is 3.88. The highest BCUT2D eigenvalue weighted by Crippen LogP contribution is 2.38. The number of nitrogens with zero attached hydrogens (tertiary/aromatic N) is 2. The summed E-state index contributed by atoms with van der Waals surface area (Å²) in [5.74, 6) is 2.75. The monoisotopic (exact) mass is 471 g/mol. The summed E-state index contributed by atoms with van der Waals surface area (Å²) >= 11 is 0. The van der Waals surface area contributed by atoms with E-state index in [-0.39, 0.29) is 24.0 Å². The van der Waals surface area contributed by atoms with Crippen LogP contribution in [0.2, 0.25) is 0 Å². The van der Waals surface area contributed by atoms with Gasteiger partial charge in [0.15, 0.2) is 5.96 Å². The third-order valence-electron chi connectivity index (χ3n) is 5.72. The normalized spacial score (nSPS) is 25.4. The van der Waals surface area contributed by atoms with Crippen LogP contribution < -0.4 is 10.1 Å². The van der Waals surface area contributed by atoms with E-state index in [9.17, 15) is 0 Å². The topological polar surface area (TPSA) is 46.1 Å². The van der Waals surface area contributed by atoms with Crippen molar-refractivity contribution in [3.05, 3.63) is 29.8 Å². The zero-order chi connectivity index (χ0) is 17.1. The van der Waals surface area contributed by atoms with Crippen LogP contribution >= 0.6 is 24.0 Å². The molecule has 2 aliphatic heterocycles. The average molecular weight is 471 g/mol. The molecule has 0 aromatic heterocycles. The Kier molecular flexibility index (Phi) is 6.66. The molecule has 4 rings (SSSR count). The highest BCUT2D eigenvalue weighted by molar-refractivity contribution is 14.0. The SMILES string of the molecule is CN=C(NCc1ccccc1OCC1CC1)N1CCC2(CCOC2)C1.I. The van der Waals surface area contributed by atoms with Crippen molar-refractivity contribution in [1.29, 1.82) is 0 Å². The Balaban J connectivity index is 0.00000196. The zero-order valence-electron chi connectivity index (χ0n) is 15.6. The first-order valence-corrected chi connectivity index (χ1v) is 9.52. The molecule has 5 nitrogen and oxygen atoms in total. The summed E-state index contributed by atoms with van der Waals surface area (Å²) in [5.41, 5.74) is 1.55. The number of nitrogens with one attached hydrogen (secondary N) is 1. The van der Waals surface area contributed by atoms with Gasteiger partial charge in [-0.05, 0) is 37.7 Å². The number of guanidine groups is 1. The predicted octanol–water partition coefficient (Wildman–Crippen LogP) is 3.28. The Labute approximate surface area is 173 Å². The van der Waals surface area contributed by atoms with E-state index in [1.165, 1.54) is 31.2 Å². The highest BCUT2D eigenvalue weighted by Gasteiger charge is 2.42. The molecule has 2 heterocycles. The van der Waals surface area contributed by atoms with Gasteiger partial charge in [-0.1, -0.05) is 18.2 Å². The average Bonchev–Trinajstić information content (AvgIpc) is 3.22. The van der Waals surface area contributed by atoms with E-state index in [2.05, 4.69) is 33.4 Å². The molecule has 1 aliphatic carbocycles. The fourth-order valence-corrected chi connectivity index (χ4v) is 3.88. The molecule has 1 N–H and O–H groups in total. The van der Waals surface area contributed by atoms with Crippen LogP contribution in [0.3, 0.4) is 0 Å². The molecule has 0 bridgehead atoms. The molecule has 26 heavy (non-hydrogen) atoms. The van der Waals surface area contributed by atoms with Crippen LogP contribution in [0.25, 0.3) is 0 Å². The fraction of sp³-hybridized carbons (Fsp3) is 0.650. The minimum atomic E-state index is 0. The van der Waals surface area contributed by atoms with Gasteiger partial charge in [0.1, 0.15) is 5.75 Å². The second-order valence-corrected chi connectivity index (χ2v) is 7.74. The Morgan fingerprint density at radius 2 is 2.19 bits per heavy atom. The molecule has 1 atom stereocenters. The van der Waals surface area contributed by atoms with Gasteiger partial charge in [-0.15, -0.1) is 24.0 Å². The maximum absolute atomic E-state index is 6.02. The summed E-state index contributed by atoms with van der Waals surface area (Å²) in [5, 5.41) is 3.53. The van der Waals surface area contributed by atoms with E-state index in [4.69, 9.17) is 9.47 Å². The van der Waals surface area contributed by atoms with Crippen LogP contribution in [0.15, 0.2) is 29.3 Å². The van der Waals surface area contributed by atoms with Crippen molar-refractivity contribution in [1.82, 2.24) is 10.2 Å². The maximum Gasteiger partial charge on any atom is 0.193 e. The van der Waals surface area contributed by atoms with Crippen molar-refractivity contribution in [3.8, 4) is 5.75 Å². The summed E-state index contributed by atoms with van der Waals surface area (Å²) in [4.78, 5) is 6.88. The predicted molar refractivity (Wildman–Crippen MR) is 114 cm³/mol. The van der Waals surface area contributed by atoms with Crippen molar-refractivity contribution in [2.24, 2.45) is 16.3 Å². The van der Waals surface area contributed by atoms with Gasteiger partial charge in [0, 0.05) is 44.3 Å². The molecular weight excluding hydrogens is 441 g/mol. The third kappa shape index (κ3) is 4.63. The standard InChI is InChI=1S/C20H29N3O2.HI/c1-21-19(23-10-8-20(14-23)9-11-24-15-20)22-12-17-4-2-3-5-18(17)25-13-16-6-7-16;/h2-5,16H,6-15H2,1H3,(H,21,22);1H. The summed E-state index contributed by atoms with van der Waals surface area (Å²) < 4.78 is 11.7. The van der Waals surface area contributed by atoms with Gasteiger partial charge >= 0.3 is 0 Å². The highest BCUT2D eigenvalue weighted by atomic mass is 127. The molecule has 2 saturated heterocycles. The van der Waals surface area contributed by atoms with Crippen LogP contribution in [-0.4, -0.2) is 50.8 Å². The first-order chi connectivity index (χ1) is 12.3. The van der Waals surface area contributed by atoms with E-state index < -0.39 is 0 Å². The van der Waals surface area contributed by atoms with E-state index in [0.29, 0.717) is 5.41 Å². The van der Waals surface area contributed by atoms with Crippen molar-refractivity contribution in [3.63, 3.8) is 0 Å². The van der Waals surface area contributed by atoms with Crippen LogP contribution in [0.1, 0.15) is 31.2 Å². The number of rotatable bonds is 5. The molecular formula is C20H30IN3O2. The van der Waals surface area contributed by atoms with Crippen molar-refractivity contribution < 1.29 is 9.47 Å². The number of hydrogen-bond acceptors (Lipinski definition) is 3. The smallest absolute Gasteiger partial charge is 0.193 e. The molecule has 1 saturated carbocycles. The summed E-state index contributed by atoms with van der Waals surface area (Å²) in [6.45, 7) is 5.51. The second-order valence-electron chi connectivity index (χ2n) is 7.74. The minimum Gasteiger partial charge on any atom is -0.493 e. The van der Waals surface area contributed by atoms with Crippen molar-refractivity contribution in [2.75, 3.05) is 40.0 Å².